The van der Waals surface area contributed by atoms with Gasteiger partial charge in [-0.05, 0) is 147 Å². The van der Waals surface area contributed by atoms with Crippen LogP contribution in [0.5, 0.6) is 0 Å². The minimum Gasteiger partial charge on any atom is -0.479 e. The summed E-state index contributed by atoms with van der Waals surface area (Å²) in [6.07, 6.45) is 12.6. The third kappa shape index (κ3) is 18.8. The lowest BCUT2D eigenvalue weighted by molar-refractivity contribution is -0.160. The van der Waals surface area contributed by atoms with Crippen LogP contribution in [0.25, 0.3) is 0 Å². The SMILES string of the molecule is C.C=CC1CC[C@@H](C(=O)OC(C)(C)C)N1C(=O)OC(C)(C)C.C=CC1CC[C@@H](C(=O)OC)N1.C=CC1CC[C@@H](C(=O)OC)N1C(=O)[C@]1(C=C)CCCN1C(=O)OC(C)(C)C.C=C[C@@]1(C(=O)O)CCCN1C(=O)OC(C)(C)C. The number of ether oxygens (including phenoxy) is 6. The molecule has 0 aromatic carbocycles. The molecule has 436 valence electrons. The Bertz CT molecular complexity index is 2130. The summed E-state index contributed by atoms with van der Waals surface area (Å²) in [6, 6.07) is -1.63. The van der Waals surface area contributed by atoms with Gasteiger partial charge in [0.05, 0.1) is 26.3 Å². The zero-order valence-corrected chi connectivity index (χ0v) is 47.8. The first-order chi connectivity index (χ1) is 35.1. The van der Waals surface area contributed by atoms with E-state index in [0.717, 1.165) is 12.8 Å². The maximum absolute atomic E-state index is 13.6. The molecule has 20 heteroatoms. The van der Waals surface area contributed by atoms with Gasteiger partial charge in [-0.3, -0.25) is 29.6 Å². The highest BCUT2D eigenvalue weighted by Gasteiger charge is 2.55. The van der Waals surface area contributed by atoms with Crippen LogP contribution in [0.15, 0.2) is 63.3 Å². The van der Waals surface area contributed by atoms with Gasteiger partial charge in [0.15, 0.2) is 5.54 Å². The predicted molar refractivity (Wildman–Crippen MR) is 294 cm³/mol. The summed E-state index contributed by atoms with van der Waals surface area (Å²) in [5, 5.41) is 12.4. The minimum atomic E-state index is -1.32. The van der Waals surface area contributed by atoms with Crippen molar-refractivity contribution in [3.05, 3.63) is 63.3 Å². The van der Waals surface area contributed by atoms with E-state index in [4.69, 9.17) is 23.7 Å². The molecule has 0 aromatic rings. The Morgan fingerprint density at radius 3 is 1.30 bits per heavy atom. The summed E-state index contributed by atoms with van der Waals surface area (Å²) < 4.78 is 31.0. The first-order valence-electron chi connectivity index (χ1n) is 25.9. The van der Waals surface area contributed by atoms with Crippen molar-refractivity contribution >= 4 is 48.1 Å². The lowest BCUT2D eigenvalue weighted by Crippen LogP contribution is -2.60. The van der Waals surface area contributed by atoms with E-state index in [0.29, 0.717) is 64.5 Å². The van der Waals surface area contributed by atoms with E-state index in [1.807, 2.05) is 26.8 Å². The summed E-state index contributed by atoms with van der Waals surface area (Å²) in [4.78, 5) is 103. The number of rotatable bonds is 10. The number of nitrogens with zero attached hydrogens (tertiary/aromatic N) is 4. The fraction of sp³-hybridized carbons (Fsp3) is 0.684. The fourth-order valence-electron chi connectivity index (χ4n) is 9.35. The molecule has 5 aliphatic heterocycles. The molecule has 0 radical (unpaired) electrons. The third-order valence-corrected chi connectivity index (χ3v) is 12.8. The van der Waals surface area contributed by atoms with Gasteiger partial charge < -0.3 is 38.4 Å². The van der Waals surface area contributed by atoms with E-state index in [2.05, 4.69) is 42.9 Å². The van der Waals surface area contributed by atoms with Crippen molar-refractivity contribution in [2.75, 3.05) is 27.3 Å². The Balaban J connectivity index is 0.000000533. The molecule has 5 rings (SSSR count). The number of carboxylic acids is 1. The molecule has 0 saturated carbocycles. The second-order valence-corrected chi connectivity index (χ2v) is 23.1. The van der Waals surface area contributed by atoms with Gasteiger partial charge in [-0.2, -0.15) is 0 Å². The zero-order valence-electron chi connectivity index (χ0n) is 47.8. The minimum absolute atomic E-state index is 0. The number of hydrogen-bond acceptors (Lipinski definition) is 15. The molecule has 20 nitrogen and oxygen atoms in total. The molecular formula is C57H93N5O15. The number of hydrogen-bond donors (Lipinski definition) is 2. The molecule has 3 unspecified atom stereocenters. The molecule has 0 spiro atoms. The number of aliphatic carboxylic acids is 1. The van der Waals surface area contributed by atoms with Crippen molar-refractivity contribution in [3.63, 3.8) is 0 Å². The standard InChI is InChI=1S/C20H30N2O5.C16H27NO4.C12H19NO4.C8H13NO2.CH4/c1-7-14-10-11-15(16(23)26-6)22(14)17(24)20(8-2)12-9-13-21(20)18(25)27-19(3,4)5;1-8-11-9-10-12(13(18)20-15(2,3)4)17(11)14(19)21-16(5,6)7;1-5-12(9(14)15)7-6-8-13(12)10(16)17-11(2,3)4;1-3-6-4-5-7(9-6)8(10)11-2;/h7-8,14-15H,1-2,9-13H2,3-6H3;8,11-12H,1,9-10H2,2-7H3;5H,1,6-8H2,2-4H3,(H,14,15);3,6-7,9H,1,4-5H2,2H3;1H4/t14?,15-,20-;11?,12-;12-;6?,7-;/m0000./s1. The first kappa shape index (κ1) is 68.8. The number of nitrogens with one attached hydrogen (secondary N) is 1. The van der Waals surface area contributed by atoms with Crippen LogP contribution >= 0.6 is 0 Å². The van der Waals surface area contributed by atoms with Crippen molar-refractivity contribution < 1.29 is 71.9 Å². The van der Waals surface area contributed by atoms with Crippen molar-refractivity contribution in [2.24, 2.45) is 0 Å². The van der Waals surface area contributed by atoms with Crippen molar-refractivity contribution in [1.29, 1.82) is 0 Å². The summed E-state index contributed by atoms with van der Waals surface area (Å²) in [6.45, 7) is 40.7. The summed E-state index contributed by atoms with van der Waals surface area (Å²) in [5.74, 6) is -2.42. The van der Waals surface area contributed by atoms with Gasteiger partial charge in [0.2, 0.25) is 0 Å². The Hall–Kier alpha value is -6.18. The molecule has 5 fully saturated rings. The van der Waals surface area contributed by atoms with Gasteiger partial charge in [0, 0.05) is 19.1 Å². The van der Waals surface area contributed by atoms with E-state index in [1.54, 1.807) is 74.5 Å². The molecule has 5 heterocycles. The van der Waals surface area contributed by atoms with Crippen LogP contribution in [0.4, 0.5) is 14.4 Å². The number of likely N-dealkylation sites (tertiary alicyclic amines) is 4. The predicted octanol–water partition coefficient (Wildman–Crippen LogP) is 9.07. The topological polar surface area (TPSA) is 237 Å². The smallest absolute Gasteiger partial charge is 0.411 e. The Morgan fingerprint density at radius 2 is 0.922 bits per heavy atom. The van der Waals surface area contributed by atoms with E-state index in [9.17, 15) is 43.5 Å². The van der Waals surface area contributed by atoms with Crippen molar-refractivity contribution in [1.82, 2.24) is 24.9 Å². The molecule has 4 amide bonds. The average molecular weight is 1090 g/mol. The van der Waals surface area contributed by atoms with Crippen LogP contribution in [0.3, 0.4) is 0 Å². The summed E-state index contributed by atoms with van der Waals surface area (Å²) in [7, 11) is 2.71. The largest absolute Gasteiger partial charge is 0.479 e. The highest BCUT2D eigenvalue weighted by Crippen LogP contribution is 2.38. The summed E-state index contributed by atoms with van der Waals surface area (Å²) >= 11 is 0. The highest BCUT2D eigenvalue weighted by atomic mass is 16.6. The summed E-state index contributed by atoms with van der Waals surface area (Å²) in [5.41, 5.74) is -5.05. The molecular weight excluding hydrogens is 995 g/mol. The molecule has 5 saturated heterocycles. The van der Waals surface area contributed by atoms with Gasteiger partial charge in [-0.15, -0.1) is 32.9 Å². The van der Waals surface area contributed by atoms with Crippen LogP contribution in [-0.2, 0) is 52.4 Å². The number of carboxylic acid groups (broad SMARTS) is 1. The van der Waals surface area contributed by atoms with E-state index in [1.165, 1.54) is 46.0 Å². The molecule has 8 atom stereocenters. The van der Waals surface area contributed by atoms with Crippen LogP contribution in [-0.4, -0.2) is 170 Å². The van der Waals surface area contributed by atoms with Gasteiger partial charge in [0.25, 0.3) is 5.91 Å². The Labute approximate surface area is 458 Å². The van der Waals surface area contributed by atoms with Crippen LogP contribution in [0.2, 0.25) is 0 Å². The van der Waals surface area contributed by atoms with Crippen molar-refractivity contribution in [3.8, 4) is 0 Å². The lowest BCUT2D eigenvalue weighted by Gasteiger charge is -2.40. The van der Waals surface area contributed by atoms with Gasteiger partial charge in [-0.1, -0.05) is 37.8 Å². The molecule has 2 N–H and O–H groups in total. The van der Waals surface area contributed by atoms with Gasteiger partial charge in [0.1, 0.15) is 46.1 Å². The fourth-order valence-corrected chi connectivity index (χ4v) is 9.35. The zero-order chi connectivity index (χ0) is 58.4. The monoisotopic (exact) mass is 1090 g/mol. The average Bonchev–Trinajstić information content (AvgIpc) is 4.18. The Morgan fingerprint density at radius 1 is 0.519 bits per heavy atom. The molecule has 77 heavy (non-hydrogen) atoms. The maximum atomic E-state index is 13.6. The maximum Gasteiger partial charge on any atom is 0.411 e. The van der Waals surface area contributed by atoms with Crippen LogP contribution < -0.4 is 5.32 Å². The quantitative estimate of drug-likeness (QED) is 0.118. The second-order valence-electron chi connectivity index (χ2n) is 23.1. The van der Waals surface area contributed by atoms with Crippen LogP contribution in [0, 0.1) is 0 Å². The van der Waals surface area contributed by atoms with E-state index in [-0.39, 0.29) is 43.5 Å². The molecule has 0 aliphatic carbocycles. The third-order valence-electron chi connectivity index (χ3n) is 12.8. The lowest BCUT2D eigenvalue weighted by atomic mass is 9.93. The number of esters is 3. The van der Waals surface area contributed by atoms with E-state index < -0.39 is 81.8 Å². The number of methoxy groups -OCH3 is 2. The normalized spacial score (nSPS) is 25.7. The second kappa shape index (κ2) is 28.4. The van der Waals surface area contributed by atoms with Gasteiger partial charge in [-0.25, -0.2) is 28.8 Å². The van der Waals surface area contributed by atoms with E-state index >= 15 is 0 Å². The highest BCUT2D eigenvalue weighted by molar-refractivity contribution is 5.96. The Kier molecular flexibility index (Phi) is 25.4. The first-order valence-corrected chi connectivity index (χ1v) is 25.9. The molecule has 0 bridgehead atoms. The molecule has 0 aromatic heterocycles. The number of amides is 4. The van der Waals surface area contributed by atoms with Crippen molar-refractivity contribution in [2.45, 2.75) is 224 Å². The molecule has 5 aliphatic rings. The van der Waals surface area contributed by atoms with Gasteiger partial charge >= 0.3 is 42.2 Å². The number of carbonyl (C=O) groups is 8. The van der Waals surface area contributed by atoms with Crippen LogP contribution in [0.1, 0.15) is 155 Å². The number of carbonyl (C=O) groups excluding carboxylic acids is 7.